The molecule has 0 aliphatic rings. The number of halogens is 1. The maximum Gasteiger partial charge on any atom is 0.316 e. The molecule has 2 aromatic heterocycles. The Kier molecular flexibility index (Phi) is 5.47. The van der Waals surface area contributed by atoms with Crippen molar-refractivity contribution in [3.63, 3.8) is 0 Å². The molecule has 1 N–H and O–H groups in total. The molecule has 0 aliphatic heterocycles. The van der Waals surface area contributed by atoms with Crippen LogP contribution in [-0.4, -0.2) is 32.4 Å². The Morgan fingerprint density at radius 1 is 1.28 bits per heavy atom. The van der Waals surface area contributed by atoms with Gasteiger partial charge in [0.05, 0.1) is 9.26 Å². The molecule has 3 rings (SSSR count). The minimum absolute atomic E-state index is 0.0284. The monoisotopic (exact) mass is 451 g/mol. The van der Waals surface area contributed by atoms with Crippen molar-refractivity contribution < 1.29 is 9.32 Å². The van der Waals surface area contributed by atoms with E-state index in [1.165, 1.54) is 0 Å². The van der Waals surface area contributed by atoms with Gasteiger partial charge in [-0.05, 0) is 48.4 Å². The third-order valence-corrected chi connectivity index (χ3v) is 5.35. The van der Waals surface area contributed by atoms with Crippen molar-refractivity contribution in [2.24, 2.45) is 0 Å². The zero-order chi connectivity index (χ0) is 17.8. The minimum Gasteiger partial charge on any atom is -0.347 e. The first-order valence-electron chi connectivity index (χ1n) is 7.89. The second-order valence-corrected chi connectivity index (χ2v) is 6.73. The van der Waals surface area contributed by atoms with E-state index in [-0.39, 0.29) is 11.8 Å². The highest BCUT2D eigenvalue weighted by Gasteiger charge is 2.16. The molecule has 0 saturated heterocycles. The quantitative estimate of drug-likeness (QED) is 0.583. The average molecular weight is 451 g/mol. The van der Waals surface area contributed by atoms with Gasteiger partial charge in [0.15, 0.2) is 5.82 Å². The Hall–Kier alpha value is -2.23. The predicted octanol–water partition coefficient (Wildman–Crippen LogP) is 2.51. The van der Waals surface area contributed by atoms with E-state index >= 15 is 0 Å². The molecule has 0 aliphatic carbocycles. The van der Waals surface area contributed by atoms with E-state index in [1.807, 2.05) is 44.2 Å². The number of rotatable bonds is 6. The van der Waals surface area contributed by atoms with E-state index in [1.54, 1.807) is 4.68 Å². The molecule has 1 aromatic carbocycles. The molecule has 0 atom stereocenters. The summed E-state index contributed by atoms with van der Waals surface area (Å²) in [6, 6.07) is 9.95. The van der Waals surface area contributed by atoms with Crippen molar-refractivity contribution in [1.82, 2.24) is 25.2 Å². The lowest BCUT2D eigenvalue weighted by Crippen LogP contribution is -2.26. The molecule has 0 bridgehead atoms. The molecular formula is C17H18IN5O2. The molecular weight excluding hydrogens is 433 g/mol. The lowest BCUT2D eigenvalue weighted by atomic mass is 10.1. The largest absolute Gasteiger partial charge is 0.347 e. The van der Waals surface area contributed by atoms with Crippen LogP contribution in [0.5, 0.6) is 0 Å². The van der Waals surface area contributed by atoms with Gasteiger partial charge in [-0.1, -0.05) is 35.5 Å². The summed E-state index contributed by atoms with van der Waals surface area (Å²) in [7, 11) is 0. The SMILES string of the molecule is Cc1nn(Cc2noc(C(=O)NCCc3ccccc3)n2)c(C)c1I. The van der Waals surface area contributed by atoms with Crippen LogP contribution in [0.2, 0.25) is 0 Å². The number of hydrogen-bond acceptors (Lipinski definition) is 5. The number of nitrogens with zero attached hydrogens (tertiary/aromatic N) is 4. The normalized spacial score (nSPS) is 10.8. The zero-order valence-electron chi connectivity index (χ0n) is 14.0. The first-order valence-corrected chi connectivity index (χ1v) is 8.96. The van der Waals surface area contributed by atoms with Gasteiger partial charge < -0.3 is 9.84 Å². The van der Waals surface area contributed by atoms with Gasteiger partial charge in [-0.3, -0.25) is 9.48 Å². The Bertz CT molecular complexity index is 873. The first-order chi connectivity index (χ1) is 12.0. The van der Waals surface area contributed by atoms with Crippen LogP contribution < -0.4 is 5.32 Å². The smallest absolute Gasteiger partial charge is 0.316 e. The zero-order valence-corrected chi connectivity index (χ0v) is 16.1. The van der Waals surface area contributed by atoms with Crippen LogP contribution in [0.3, 0.4) is 0 Å². The first kappa shape index (κ1) is 17.6. The molecule has 0 fully saturated rings. The highest BCUT2D eigenvalue weighted by Crippen LogP contribution is 2.15. The molecule has 0 saturated carbocycles. The number of amides is 1. The summed E-state index contributed by atoms with van der Waals surface area (Å²) in [5, 5.41) is 11.1. The molecule has 3 aromatic rings. The van der Waals surface area contributed by atoms with Crippen LogP contribution in [0.4, 0.5) is 0 Å². The lowest BCUT2D eigenvalue weighted by Gasteiger charge is -2.02. The minimum atomic E-state index is -0.363. The van der Waals surface area contributed by atoms with Crippen LogP contribution in [0, 0.1) is 17.4 Å². The topological polar surface area (TPSA) is 85.8 Å². The molecule has 0 spiro atoms. The van der Waals surface area contributed by atoms with E-state index in [4.69, 9.17) is 4.52 Å². The molecule has 0 unspecified atom stereocenters. The van der Waals surface area contributed by atoms with Crippen LogP contribution in [-0.2, 0) is 13.0 Å². The summed E-state index contributed by atoms with van der Waals surface area (Å²) in [5.41, 5.74) is 3.16. The molecule has 2 heterocycles. The number of aromatic nitrogens is 4. The van der Waals surface area contributed by atoms with Crippen molar-refractivity contribution >= 4 is 28.5 Å². The Labute approximate surface area is 159 Å². The number of hydrogen-bond donors (Lipinski definition) is 1. The third kappa shape index (κ3) is 4.25. The van der Waals surface area contributed by atoms with Crippen molar-refractivity contribution in [2.75, 3.05) is 6.54 Å². The summed E-state index contributed by atoms with van der Waals surface area (Å²) in [6.45, 7) is 4.82. The molecule has 7 nitrogen and oxygen atoms in total. The van der Waals surface area contributed by atoms with E-state index in [0.29, 0.717) is 18.9 Å². The third-order valence-electron chi connectivity index (χ3n) is 3.79. The van der Waals surface area contributed by atoms with E-state index in [9.17, 15) is 4.79 Å². The molecule has 8 heteroatoms. The van der Waals surface area contributed by atoms with Gasteiger partial charge in [0, 0.05) is 12.2 Å². The van der Waals surface area contributed by atoms with Crippen LogP contribution in [0.15, 0.2) is 34.9 Å². The highest BCUT2D eigenvalue weighted by atomic mass is 127. The van der Waals surface area contributed by atoms with Gasteiger partial charge in [0.1, 0.15) is 6.54 Å². The van der Waals surface area contributed by atoms with Crippen LogP contribution in [0.1, 0.15) is 33.5 Å². The number of carbonyl (C=O) groups is 1. The predicted molar refractivity (Wildman–Crippen MR) is 100 cm³/mol. The number of benzene rings is 1. The Morgan fingerprint density at radius 3 is 2.72 bits per heavy atom. The maximum atomic E-state index is 12.1. The summed E-state index contributed by atoms with van der Waals surface area (Å²) in [4.78, 5) is 16.3. The van der Waals surface area contributed by atoms with Gasteiger partial charge >= 0.3 is 11.8 Å². The number of carbonyl (C=O) groups excluding carboxylic acids is 1. The summed E-state index contributed by atoms with van der Waals surface area (Å²) >= 11 is 2.26. The van der Waals surface area contributed by atoms with E-state index in [2.05, 4.69) is 43.1 Å². The summed E-state index contributed by atoms with van der Waals surface area (Å²) < 4.78 is 7.98. The molecule has 1 amide bonds. The van der Waals surface area contributed by atoms with E-state index in [0.717, 1.165) is 26.9 Å². The van der Waals surface area contributed by atoms with Crippen molar-refractivity contribution in [2.45, 2.75) is 26.8 Å². The van der Waals surface area contributed by atoms with E-state index < -0.39 is 0 Å². The lowest BCUT2D eigenvalue weighted by molar-refractivity contribution is 0.0910. The highest BCUT2D eigenvalue weighted by molar-refractivity contribution is 14.1. The fourth-order valence-electron chi connectivity index (χ4n) is 2.41. The van der Waals surface area contributed by atoms with Gasteiger partial charge in [-0.15, -0.1) is 0 Å². The van der Waals surface area contributed by atoms with Gasteiger partial charge in [0.2, 0.25) is 0 Å². The fourth-order valence-corrected chi connectivity index (χ4v) is 2.80. The van der Waals surface area contributed by atoms with Crippen LogP contribution >= 0.6 is 22.6 Å². The second kappa shape index (κ2) is 7.77. The van der Waals surface area contributed by atoms with Crippen LogP contribution in [0.25, 0.3) is 0 Å². The van der Waals surface area contributed by atoms with Gasteiger partial charge in [-0.25, -0.2) is 0 Å². The number of aryl methyl sites for hydroxylation is 1. The molecule has 130 valence electrons. The van der Waals surface area contributed by atoms with Crippen molar-refractivity contribution in [3.8, 4) is 0 Å². The second-order valence-electron chi connectivity index (χ2n) is 5.65. The fraction of sp³-hybridized carbons (Fsp3) is 0.294. The Balaban J connectivity index is 1.57. The summed E-state index contributed by atoms with van der Waals surface area (Å²) in [6.07, 6.45) is 0.748. The van der Waals surface area contributed by atoms with Crippen molar-refractivity contribution in [1.29, 1.82) is 0 Å². The van der Waals surface area contributed by atoms with Gasteiger partial charge in [0.25, 0.3) is 0 Å². The molecule has 25 heavy (non-hydrogen) atoms. The Morgan fingerprint density at radius 2 is 2.04 bits per heavy atom. The van der Waals surface area contributed by atoms with Gasteiger partial charge in [-0.2, -0.15) is 10.1 Å². The molecule has 0 radical (unpaired) electrons. The standard InChI is InChI=1S/C17H18IN5O2/c1-11-15(18)12(2)23(21-11)10-14-20-17(25-22-14)16(24)19-9-8-13-6-4-3-5-7-13/h3-7H,8-10H2,1-2H3,(H,19,24). The average Bonchev–Trinajstić information content (AvgIpc) is 3.17. The number of nitrogens with one attached hydrogen (secondary N) is 1. The van der Waals surface area contributed by atoms with Crippen molar-refractivity contribution in [3.05, 3.63) is 62.6 Å². The maximum absolute atomic E-state index is 12.1. The summed E-state index contributed by atoms with van der Waals surface area (Å²) in [5.74, 6) is 0.0344.